The number of hydrogen-bond acceptors (Lipinski definition) is 4. The lowest BCUT2D eigenvalue weighted by atomic mass is 10.1. The summed E-state index contributed by atoms with van der Waals surface area (Å²) >= 11 is 2.22. The smallest absolute Gasteiger partial charge is 0.144 e. The van der Waals surface area contributed by atoms with E-state index in [1.54, 1.807) is 13.0 Å². The van der Waals surface area contributed by atoms with Crippen molar-refractivity contribution in [1.29, 1.82) is 0 Å². The van der Waals surface area contributed by atoms with Crippen LogP contribution in [0.2, 0.25) is 0 Å². The lowest BCUT2D eigenvalue weighted by Gasteiger charge is -2.07. The van der Waals surface area contributed by atoms with Gasteiger partial charge in [0.2, 0.25) is 0 Å². The van der Waals surface area contributed by atoms with Gasteiger partial charge in [-0.05, 0) is 72.0 Å². The molecule has 0 saturated carbocycles. The first-order chi connectivity index (χ1) is 13.6. The van der Waals surface area contributed by atoms with Gasteiger partial charge in [0.05, 0.1) is 28.1 Å². The van der Waals surface area contributed by atoms with Crippen molar-refractivity contribution in [3.63, 3.8) is 0 Å². The van der Waals surface area contributed by atoms with Gasteiger partial charge in [0, 0.05) is 16.0 Å². The first-order valence-electron chi connectivity index (χ1n) is 8.63. The highest BCUT2D eigenvalue weighted by Crippen LogP contribution is 2.32. The fourth-order valence-corrected chi connectivity index (χ4v) is 3.64. The summed E-state index contributed by atoms with van der Waals surface area (Å²) in [6, 6.07) is 14.7. The molecule has 136 valence electrons. The van der Waals surface area contributed by atoms with E-state index in [-0.39, 0.29) is 5.82 Å². The van der Waals surface area contributed by atoms with Crippen LogP contribution in [0.25, 0.3) is 39.5 Å². The molecular formula is C21H13FIN5. The van der Waals surface area contributed by atoms with E-state index in [2.05, 4.69) is 32.6 Å². The van der Waals surface area contributed by atoms with Crippen molar-refractivity contribution < 1.29 is 4.39 Å². The third kappa shape index (κ3) is 2.82. The predicted molar refractivity (Wildman–Crippen MR) is 114 cm³/mol. The molecule has 0 bridgehead atoms. The van der Waals surface area contributed by atoms with Crippen molar-refractivity contribution in [2.45, 2.75) is 6.92 Å². The average Bonchev–Trinajstić information content (AvgIpc) is 3.09. The van der Waals surface area contributed by atoms with E-state index in [1.807, 2.05) is 53.2 Å². The van der Waals surface area contributed by atoms with Gasteiger partial charge in [0.25, 0.3) is 0 Å². The SMILES string of the molecule is Cc1nc(-c2nc3ccccn3c2-c2ccc3ncc(I)cc3n2)ccc1F. The molecule has 5 aromatic heterocycles. The van der Waals surface area contributed by atoms with Gasteiger partial charge in [-0.25, -0.2) is 19.3 Å². The number of fused-ring (bicyclic) bond motifs is 2. The first-order valence-corrected chi connectivity index (χ1v) is 9.71. The Morgan fingerprint density at radius 2 is 1.79 bits per heavy atom. The van der Waals surface area contributed by atoms with Crippen LogP contribution in [-0.2, 0) is 0 Å². The largest absolute Gasteiger partial charge is 0.298 e. The summed E-state index contributed by atoms with van der Waals surface area (Å²) in [5.74, 6) is -0.335. The maximum absolute atomic E-state index is 13.7. The minimum atomic E-state index is -0.335. The summed E-state index contributed by atoms with van der Waals surface area (Å²) in [5, 5.41) is 0. The quantitative estimate of drug-likeness (QED) is 0.331. The van der Waals surface area contributed by atoms with Crippen molar-refractivity contribution >= 4 is 39.3 Å². The molecule has 0 spiro atoms. The highest BCUT2D eigenvalue weighted by Gasteiger charge is 2.19. The van der Waals surface area contributed by atoms with E-state index in [1.165, 1.54) is 6.07 Å². The van der Waals surface area contributed by atoms with Gasteiger partial charge in [-0.3, -0.25) is 9.38 Å². The fraction of sp³-hybridized carbons (Fsp3) is 0.0476. The number of imidazole rings is 1. The Hall–Kier alpha value is -2.94. The van der Waals surface area contributed by atoms with E-state index >= 15 is 0 Å². The maximum atomic E-state index is 13.7. The molecule has 0 saturated heterocycles. The van der Waals surface area contributed by atoms with Crippen LogP contribution < -0.4 is 0 Å². The second-order valence-corrected chi connectivity index (χ2v) is 7.64. The van der Waals surface area contributed by atoms with E-state index in [4.69, 9.17) is 9.97 Å². The number of rotatable bonds is 2. The van der Waals surface area contributed by atoms with Gasteiger partial charge in [0.15, 0.2) is 0 Å². The number of nitrogens with zero attached hydrogens (tertiary/aromatic N) is 5. The molecule has 0 amide bonds. The normalized spacial score (nSPS) is 11.4. The second-order valence-electron chi connectivity index (χ2n) is 6.39. The Morgan fingerprint density at radius 3 is 2.64 bits per heavy atom. The molecule has 5 heterocycles. The summed E-state index contributed by atoms with van der Waals surface area (Å²) in [6.07, 6.45) is 3.76. The van der Waals surface area contributed by atoms with Crippen molar-refractivity contribution in [3.05, 3.63) is 76.0 Å². The summed E-state index contributed by atoms with van der Waals surface area (Å²) in [4.78, 5) is 18.4. The average molecular weight is 481 g/mol. The van der Waals surface area contributed by atoms with Crippen LogP contribution in [-0.4, -0.2) is 24.3 Å². The monoisotopic (exact) mass is 481 g/mol. The summed E-state index contributed by atoms with van der Waals surface area (Å²) in [6.45, 7) is 1.65. The third-order valence-electron chi connectivity index (χ3n) is 4.54. The van der Waals surface area contributed by atoms with Crippen molar-refractivity contribution in [2.24, 2.45) is 0 Å². The molecule has 0 unspecified atom stereocenters. The lowest BCUT2D eigenvalue weighted by Crippen LogP contribution is -1.96. The zero-order valence-electron chi connectivity index (χ0n) is 14.8. The minimum absolute atomic E-state index is 0.335. The summed E-state index contributed by atoms with van der Waals surface area (Å²) < 4.78 is 16.7. The van der Waals surface area contributed by atoms with Crippen molar-refractivity contribution in [1.82, 2.24) is 24.3 Å². The van der Waals surface area contributed by atoms with Crippen molar-refractivity contribution in [3.8, 4) is 22.8 Å². The van der Waals surface area contributed by atoms with Crippen LogP contribution in [0.5, 0.6) is 0 Å². The summed E-state index contributed by atoms with van der Waals surface area (Å²) in [5.41, 5.74) is 5.60. The molecule has 5 rings (SSSR count). The van der Waals surface area contributed by atoms with Crippen LogP contribution in [0.4, 0.5) is 4.39 Å². The highest BCUT2D eigenvalue weighted by atomic mass is 127. The molecule has 0 N–H and O–H groups in total. The van der Waals surface area contributed by atoms with Gasteiger partial charge in [-0.2, -0.15) is 0 Å². The van der Waals surface area contributed by atoms with Crippen LogP contribution in [0.3, 0.4) is 0 Å². The van der Waals surface area contributed by atoms with Crippen LogP contribution in [0.15, 0.2) is 60.9 Å². The van der Waals surface area contributed by atoms with E-state index < -0.39 is 0 Å². The number of halogens is 2. The molecule has 7 heteroatoms. The molecule has 0 aliphatic rings. The minimum Gasteiger partial charge on any atom is -0.298 e. The standard InChI is InChI=1S/C21H13FIN5/c1-12-14(22)5-6-16(25-12)20-21(28-9-3-2-4-19(28)27-20)17-8-7-15-18(26-17)10-13(23)11-24-15/h2-11H,1H3. The van der Waals surface area contributed by atoms with Gasteiger partial charge in [-0.1, -0.05) is 6.07 Å². The number of aromatic nitrogens is 5. The molecular weight excluding hydrogens is 468 g/mol. The topological polar surface area (TPSA) is 56.0 Å². The Bertz CT molecular complexity index is 1360. The molecule has 0 aromatic carbocycles. The van der Waals surface area contributed by atoms with Gasteiger partial charge < -0.3 is 0 Å². The summed E-state index contributed by atoms with van der Waals surface area (Å²) in [7, 11) is 0. The molecule has 5 aromatic rings. The second kappa shape index (κ2) is 6.59. The van der Waals surface area contributed by atoms with Crippen LogP contribution >= 0.6 is 22.6 Å². The van der Waals surface area contributed by atoms with Crippen LogP contribution in [0, 0.1) is 16.3 Å². The van der Waals surface area contributed by atoms with E-state index in [0.717, 1.165) is 31.6 Å². The molecule has 0 aliphatic heterocycles. The Labute approximate surface area is 173 Å². The molecule has 0 aliphatic carbocycles. The lowest BCUT2D eigenvalue weighted by molar-refractivity contribution is 0.610. The molecule has 0 radical (unpaired) electrons. The number of hydrogen-bond donors (Lipinski definition) is 0. The zero-order valence-corrected chi connectivity index (χ0v) is 16.9. The molecule has 28 heavy (non-hydrogen) atoms. The Kier molecular flexibility index (Phi) is 4.04. The van der Waals surface area contributed by atoms with Gasteiger partial charge >= 0.3 is 0 Å². The van der Waals surface area contributed by atoms with E-state index in [0.29, 0.717) is 17.1 Å². The third-order valence-corrected chi connectivity index (χ3v) is 5.13. The van der Waals surface area contributed by atoms with E-state index in [9.17, 15) is 4.39 Å². The Balaban J connectivity index is 1.82. The fourth-order valence-electron chi connectivity index (χ4n) is 3.21. The highest BCUT2D eigenvalue weighted by molar-refractivity contribution is 14.1. The number of aryl methyl sites for hydroxylation is 1. The van der Waals surface area contributed by atoms with Gasteiger partial charge in [0.1, 0.15) is 22.9 Å². The molecule has 0 atom stereocenters. The number of pyridine rings is 4. The van der Waals surface area contributed by atoms with Crippen molar-refractivity contribution in [2.75, 3.05) is 0 Å². The maximum Gasteiger partial charge on any atom is 0.144 e. The molecule has 0 fully saturated rings. The molecule has 5 nitrogen and oxygen atoms in total. The first kappa shape index (κ1) is 17.2. The zero-order chi connectivity index (χ0) is 19.3. The van der Waals surface area contributed by atoms with Crippen LogP contribution in [0.1, 0.15) is 5.69 Å². The Morgan fingerprint density at radius 1 is 0.929 bits per heavy atom. The predicted octanol–water partition coefficient (Wildman–Crippen LogP) is 5.06. The van der Waals surface area contributed by atoms with Gasteiger partial charge in [-0.15, -0.1) is 0 Å².